The fourth-order valence-corrected chi connectivity index (χ4v) is 6.86. The molecule has 2 fully saturated rings. The first-order valence-electron chi connectivity index (χ1n) is 14.7. The van der Waals surface area contributed by atoms with Gasteiger partial charge in [-0.25, -0.2) is 13.2 Å². The number of hydrogen-bond acceptors (Lipinski definition) is 4. The summed E-state index contributed by atoms with van der Waals surface area (Å²) in [5.74, 6) is -0.439. The number of halogens is 3. The van der Waals surface area contributed by atoms with Crippen LogP contribution in [0.2, 0.25) is 0 Å². The van der Waals surface area contributed by atoms with Gasteiger partial charge in [-0.3, -0.25) is 4.90 Å². The molecule has 4 nitrogen and oxygen atoms in total. The van der Waals surface area contributed by atoms with Crippen molar-refractivity contribution < 1.29 is 22.6 Å². The number of nitrogens with one attached hydrogen (secondary N) is 1. The number of ether oxygens (including phenoxy) is 2. The molecule has 2 aliphatic heterocycles. The highest BCUT2D eigenvalue weighted by Crippen LogP contribution is 2.45. The normalized spacial score (nSPS) is 23.7. The zero-order chi connectivity index (χ0) is 28.8. The van der Waals surface area contributed by atoms with E-state index in [1.807, 2.05) is 60.4 Å². The Bertz CT molecular complexity index is 1360. The maximum atomic E-state index is 15.9. The van der Waals surface area contributed by atoms with Crippen molar-refractivity contribution in [2.45, 2.75) is 76.9 Å². The predicted octanol–water partition coefficient (Wildman–Crippen LogP) is 7.15. The van der Waals surface area contributed by atoms with E-state index in [0.29, 0.717) is 18.8 Å². The standard InChI is InChI=1S/C34H39F3N2O2/c1-22-13-24-14-25(40-18-23-7-5-4-6-8-23)9-10-28(24)32(39(22)21-33(2,3)37)31-29(35)15-27(16-30(31)36)41-26-11-12-34(17-26)19-38-20-34/h4-10,14-16,22,26,32,38H,11-13,17-21H2,1-3H3/t22-,26?,32?/m1/s1. The van der Waals surface area contributed by atoms with Crippen LogP contribution < -0.4 is 14.8 Å². The second kappa shape index (κ2) is 11.0. The molecule has 0 amide bonds. The smallest absolute Gasteiger partial charge is 0.134 e. The van der Waals surface area contributed by atoms with E-state index < -0.39 is 23.3 Å². The zero-order valence-electron chi connectivity index (χ0n) is 24.1. The maximum absolute atomic E-state index is 15.9. The van der Waals surface area contributed by atoms with Gasteiger partial charge in [0.1, 0.15) is 35.4 Å². The molecule has 218 valence electrons. The highest BCUT2D eigenvalue weighted by Gasteiger charge is 2.45. The third kappa shape index (κ3) is 5.98. The molecule has 2 heterocycles. The lowest BCUT2D eigenvalue weighted by atomic mass is 9.80. The van der Waals surface area contributed by atoms with Crippen LogP contribution in [0.3, 0.4) is 0 Å². The van der Waals surface area contributed by atoms with E-state index in [0.717, 1.165) is 49.0 Å². The van der Waals surface area contributed by atoms with Gasteiger partial charge in [-0.05, 0) is 80.7 Å². The Hall–Kier alpha value is -3.03. The third-order valence-electron chi connectivity index (χ3n) is 8.92. The molecule has 7 heteroatoms. The molecule has 0 bridgehead atoms. The van der Waals surface area contributed by atoms with E-state index >= 15 is 13.2 Å². The number of fused-ring (bicyclic) bond motifs is 1. The average Bonchev–Trinajstić information content (AvgIpc) is 3.33. The van der Waals surface area contributed by atoms with Crippen LogP contribution in [0.25, 0.3) is 0 Å². The van der Waals surface area contributed by atoms with Crippen molar-refractivity contribution in [3.8, 4) is 11.5 Å². The third-order valence-corrected chi connectivity index (χ3v) is 8.92. The maximum Gasteiger partial charge on any atom is 0.134 e. The van der Waals surface area contributed by atoms with Gasteiger partial charge >= 0.3 is 0 Å². The minimum absolute atomic E-state index is 0.0415. The van der Waals surface area contributed by atoms with E-state index in [-0.39, 0.29) is 35.4 Å². The first-order valence-corrected chi connectivity index (χ1v) is 14.7. The van der Waals surface area contributed by atoms with Gasteiger partial charge in [0.2, 0.25) is 0 Å². The first-order chi connectivity index (χ1) is 19.6. The lowest BCUT2D eigenvalue weighted by Crippen LogP contribution is -2.52. The van der Waals surface area contributed by atoms with Crippen LogP contribution in [0, 0.1) is 17.0 Å². The fraction of sp³-hybridized carbons (Fsp3) is 0.471. The van der Waals surface area contributed by atoms with Crippen molar-refractivity contribution in [3.05, 3.63) is 94.6 Å². The second-order valence-electron chi connectivity index (χ2n) is 12.9. The van der Waals surface area contributed by atoms with Gasteiger partial charge in [-0.2, -0.15) is 0 Å². The zero-order valence-corrected chi connectivity index (χ0v) is 24.1. The van der Waals surface area contributed by atoms with E-state index in [2.05, 4.69) is 5.32 Å². The molecule has 2 unspecified atom stereocenters. The summed E-state index contributed by atoms with van der Waals surface area (Å²) in [7, 11) is 0. The molecule has 1 saturated carbocycles. The molecule has 3 aromatic rings. The Balaban J connectivity index is 1.30. The molecule has 6 rings (SSSR count). The Morgan fingerprint density at radius 3 is 2.37 bits per heavy atom. The van der Waals surface area contributed by atoms with Gasteiger partial charge in [0.15, 0.2) is 0 Å². The van der Waals surface area contributed by atoms with Crippen molar-refractivity contribution in [1.82, 2.24) is 10.2 Å². The Kier molecular flexibility index (Phi) is 7.53. The van der Waals surface area contributed by atoms with Gasteiger partial charge in [0.25, 0.3) is 0 Å². The Labute approximate surface area is 240 Å². The van der Waals surface area contributed by atoms with Crippen molar-refractivity contribution in [1.29, 1.82) is 0 Å². The molecule has 1 saturated heterocycles. The van der Waals surface area contributed by atoms with E-state index in [1.165, 1.54) is 26.0 Å². The SMILES string of the molecule is C[C@@H]1Cc2cc(OCc3ccccc3)ccc2C(c2c(F)cc(OC3CCC4(CNC4)C3)cc2F)N1CC(C)(C)F. The lowest BCUT2D eigenvalue weighted by Gasteiger charge is -2.44. The summed E-state index contributed by atoms with van der Waals surface area (Å²) in [6.07, 6.45) is 3.42. The summed E-state index contributed by atoms with van der Waals surface area (Å²) in [5, 5.41) is 3.33. The van der Waals surface area contributed by atoms with Crippen molar-refractivity contribution >= 4 is 0 Å². The summed E-state index contributed by atoms with van der Waals surface area (Å²) in [6.45, 7) is 7.41. The molecule has 3 atom stereocenters. The molecule has 3 aromatic carbocycles. The van der Waals surface area contributed by atoms with Crippen LogP contribution >= 0.6 is 0 Å². The van der Waals surface area contributed by atoms with Gasteiger partial charge in [0.05, 0.1) is 12.1 Å². The summed E-state index contributed by atoms with van der Waals surface area (Å²) < 4.78 is 59.1. The average molecular weight is 565 g/mol. The quantitative estimate of drug-likeness (QED) is 0.315. The second-order valence-corrected chi connectivity index (χ2v) is 12.9. The number of nitrogens with zero attached hydrogens (tertiary/aromatic N) is 1. The molecule has 1 spiro atoms. The van der Waals surface area contributed by atoms with Crippen molar-refractivity contribution in [2.24, 2.45) is 5.41 Å². The van der Waals surface area contributed by atoms with Crippen LogP contribution in [0.15, 0.2) is 60.7 Å². The summed E-state index contributed by atoms with van der Waals surface area (Å²) >= 11 is 0. The van der Waals surface area contributed by atoms with Crippen LogP contribution in [-0.4, -0.2) is 42.3 Å². The topological polar surface area (TPSA) is 33.7 Å². The van der Waals surface area contributed by atoms with Gasteiger partial charge < -0.3 is 14.8 Å². The Morgan fingerprint density at radius 1 is 1.00 bits per heavy atom. The monoisotopic (exact) mass is 564 g/mol. The molecular formula is C34H39F3N2O2. The fourth-order valence-electron chi connectivity index (χ4n) is 6.86. The number of rotatable bonds is 8. The molecule has 1 N–H and O–H groups in total. The van der Waals surface area contributed by atoms with E-state index in [1.54, 1.807) is 0 Å². The van der Waals surface area contributed by atoms with Crippen molar-refractivity contribution in [2.75, 3.05) is 19.6 Å². The largest absolute Gasteiger partial charge is 0.490 e. The molecule has 3 aliphatic rings. The summed E-state index contributed by atoms with van der Waals surface area (Å²) in [4.78, 5) is 1.89. The molecule has 0 radical (unpaired) electrons. The molecular weight excluding hydrogens is 525 g/mol. The highest BCUT2D eigenvalue weighted by molar-refractivity contribution is 5.46. The highest BCUT2D eigenvalue weighted by atomic mass is 19.1. The first kappa shape index (κ1) is 28.1. The summed E-state index contributed by atoms with van der Waals surface area (Å²) in [6, 6.07) is 17.2. The van der Waals surface area contributed by atoms with Crippen LogP contribution in [-0.2, 0) is 13.0 Å². The molecule has 0 aromatic heterocycles. The summed E-state index contributed by atoms with van der Waals surface area (Å²) in [5.41, 5.74) is 1.42. The number of alkyl halides is 1. The lowest BCUT2D eigenvalue weighted by molar-refractivity contribution is 0.0650. The van der Waals surface area contributed by atoms with Gasteiger partial charge in [0, 0.05) is 43.4 Å². The van der Waals surface area contributed by atoms with Crippen LogP contribution in [0.1, 0.15) is 68.3 Å². The minimum Gasteiger partial charge on any atom is -0.490 e. The predicted molar refractivity (Wildman–Crippen MR) is 154 cm³/mol. The van der Waals surface area contributed by atoms with Gasteiger partial charge in [-0.15, -0.1) is 0 Å². The van der Waals surface area contributed by atoms with Crippen LogP contribution in [0.5, 0.6) is 11.5 Å². The molecule has 41 heavy (non-hydrogen) atoms. The number of benzene rings is 3. The van der Waals surface area contributed by atoms with Gasteiger partial charge in [-0.1, -0.05) is 36.4 Å². The number of hydrogen-bond donors (Lipinski definition) is 1. The van der Waals surface area contributed by atoms with E-state index in [4.69, 9.17) is 9.47 Å². The van der Waals surface area contributed by atoms with Crippen LogP contribution in [0.4, 0.5) is 13.2 Å². The minimum atomic E-state index is -1.55. The van der Waals surface area contributed by atoms with Crippen molar-refractivity contribution in [3.63, 3.8) is 0 Å². The Morgan fingerprint density at radius 2 is 1.73 bits per heavy atom. The van der Waals surface area contributed by atoms with E-state index in [9.17, 15) is 0 Å². The molecule has 1 aliphatic carbocycles.